The van der Waals surface area contributed by atoms with E-state index in [-0.39, 0.29) is 16.7 Å². The van der Waals surface area contributed by atoms with Gasteiger partial charge in [0.05, 0.1) is 28.5 Å². The minimum absolute atomic E-state index is 0.00214. The Bertz CT molecular complexity index is 1020. The number of nitrogens with one attached hydrogen (secondary N) is 3. The quantitative estimate of drug-likeness (QED) is 0.474. The van der Waals surface area contributed by atoms with Crippen LogP contribution in [0, 0.1) is 24.2 Å². The van der Waals surface area contributed by atoms with Crippen LogP contribution < -0.4 is 16.2 Å². The summed E-state index contributed by atoms with van der Waals surface area (Å²) >= 11 is 11.4. The third-order valence-electron chi connectivity index (χ3n) is 7.40. The summed E-state index contributed by atoms with van der Waals surface area (Å²) < 4.78 is 3.80. The minimum Gasteiger partial charge on any atom is -0.329 e. The molecule has 31 heavy (non-hydrogen) atoms. The van der Waals surface area contributed by atoms with Crippen molar-refractivity contribution in [2.45, 2.75) is 64.5 Å². The second-order valence-electron chi connectivity index (χ2n) is 9.42. The highest BCUT2D eigenvalue weighted by Gasteiger charge is 2.61. The van der Waals surface area contributed by atoms with Gasteiger partial charge in [0.15, 0.2) is 5.11 Å². The van der Waals surface area contributed by atoms with Crippen LogP contribution in [0.2, 0.25) is 5.28 Å². The van der Waals surface area contributed by atoms with Crippen LogP contribution in [0.25, 0.3) is 0 Å². The number of halogens is 1. The van der Waals surface area contributed by atoms with E-state index in [0.717, 1.165) is 50.0 Å². The number of rotatable bonds is 4. The van der Waals surface area contributed by atoms with Gasteiger partial charge in [-0.3, -0.25) is 20.3 Å². The van der Waals surface area contributed by atoms with Gasteiger partial charge >= 0.3 is 0 Å². The van der Waals surface area contributed by atoms with Crippen molar-refractivity contribution in [2.24, 2.45) is 17.3 Å². The van der Waals surface area contributed by atoms with Crippen molar-refractivity contribution in [3.63, 3.8) is 0 Å². The summed E-state index contributed by atoms with van der Waals surface area (Å²) in [5, 5.41) is 12.4. The standard InChI is InChI=1S/C20H27ClN8OS/c1-3-28-12(2)15(9-23-28)24-18(31)26-25-16(30)19-5-13-4-14(6-19)8-20(7-13,10-19)29-11-22-17(21)27-29/h9,11,13-14H,3-8,10H2,1-2H3,(H,25,30)(H2,24,26,31)/t13-,14-,19?,20?/m0/s1. The molecule has 4 aliphatic carbocycles. The smallest absolute Gasteiger partial charge is 0.244 e. The molecule has 1 amide bonds. The summed E-state index contributed by atoms with van der Waals surface area (Å²) in [6.07, 6.45) is 9.28. The molecule has 0 unspecified atom stereocenters. The fourth-order valence-electron chi connectivity index (χ4n) is 6.51. The Hall–Kier alpha value is -2.20. The first-order valence-corrected chi connectivity index (χ1v) is 11.6. The van der Waals surface area contributed by atoms with Gasteiger partial charge in [0, 0.05) is 6.54 Å². The molecule has 2 aromatic rings. The van der Waals surface area contributed by atoms with E-state index in [9.17, 15) is 4.79 Å². The van der Waals surface area contributed by atoms with E-state index >= 15 is 0 Å². The summed E-state index contributed by atoms with van der Waals surface area (Å²) in [6, 6.07) is 0. The maximum atomic E-state index is 13.4. The molecule has 4 bridgehead atoms. The average Bonchev–Trinajstić information content (AvgIpc) is 3.31. The van der Waals surface area contributed by atoms with Gasteiger partial charge in [-0.05, 0) is 88.0 Å². The Morgan fingerprint density at radius 1 is 1.29 bits per heavy atom. The average molecular weight is 463 g/mol. The summed E-state index contributed by atoms with van der Waals surface area (Å²) in [6.45, 7) is 4.80. The molecular formula is C20H27ClN8OS. The Kier molecular flexibility index (Phi) is 4.97. The predicted molar refractivity (Wildman–Crippen MR) is 120 cm³/mol. The van der Waals surface area contributed by atoms with E-state index in [1.54, 1.807) is 12.5 Å². The number of hydrazine groups is 1. The number of hydrogen-bond acceptors (Lipinski definition) is 5. The van der Waals surface area contributed by atoms with Crippen LogP contribution in [-0.2, 0) is 16.9 Å². The molecule has 0 spiro atoms. The summed E-state index contributed by atoms with van der Waals surface area (Å²) in [5.74, 6) is 1.03. The minimum atomic E-state index is -0.422. The number of aromatic nitrogens is 5. The normalized spacial score (nSPS) is 30.9. The lowest BCUT2D eigenvalue weighted by molar-refractivity contribution is -0.156. The molecule has 2 heterocycles. The Morgan fingerprint density at radius 3 is 2.65 bits per heavy atom. The van der Waals surface area contributed by atoms with Crippen LogP contribution >= 0.6 is 23.8 Å². The van der Waals surface area contributed by atoms with Gasteiger partial charge in [0.25, 0.3) is 0 Å². The Labute approximate surface area is 191 Å². The van der Waals surface area contributed by atoms with Crippen molar-refractivity contribution in [2.75, 3.05) is 5.32 Å². The molecule has 0 aliphatic heterocycles. The SMILES string of the molecule is CCn1ncc(NC(=S)NNC(=O)C23C[C@@H]4C[C@@H](C2)CC(n2cnc(Cl)n2)(C4)C3)c1C. The Balaban J connectivity index is 1.28. The van der Waals surface area contributed by atoms with E-state index < -0.39 is 5.41 Å². The predicted octanol–water partition coefficient (Wildman–Crippen LogP) is 2.77. The number of hydrogen-bond donors (Lipinski definition) is 3. The van der Waals surface area contributed by atoms with Gasteiger partial charge in [0.1, 0.15) is 6.33 Å². The van der Waals surface area contributed by atoms with Gasteiger partial charge < -0.3 is 5.32 Å². The zero-order chi connectivity index (χ0) is 21.8. The highest BCUT2D eigenvalue weighted by atomic mass is 35.5. The lowest BCUT2D eigenvalue weighted by atomic mass is 9.46. The topological polar surface area (TPSA) is 102 Å². The molecule has 9 nitrogen and oxygen atoms in total. The number of carbonyl (C=O) groups excluding carboxylic acids is 1. The zero-order valence-corrected chi connectivity index (χ0v) is 19.3. The van der Waals surface area contributed by atoms with Crippen LogP contribution in [0.1, 0.15) is 51.1 Å². The first kappa shape index (κ1) is 20.7. The van der Waals surface area contributed by atoms with Gasteiger partial charge in [-0.15, -0.1) is 5.10 Å². The molecule has 6 rings (SSSR count). The largest absolute Gasteiger partial charge is 0.329 e. The second kappa shape index (κ2) is 7.44. The van der Waals surface area contributed by atoms with E-state index in [1.165, 1.54) is 6.42 Å². The number of anilines is 1. The first-order chi connectivity index (χ1) is 14.8. The van der Waals surface area contributed by atoms with Crippen LogP contribution in [0.5, 0.6) is 0 Å². The second-order valence-corrected chi connectivity index (χ2v) is 10.2. The van der Waals surface area contributed by atoms with Crippen molar-refractivity contribution in [1.29, 1.82) is 0 Å². The number of nitrogens with zero attached hydrogens (tertiary/aromatic N) is 5. The Morgan fingerprint density at radius 2 is 2.03 bits per heavy atom. The van der Waals surface area contributed by atoms with Crippen molar-refractivity contribution < 1.29 is 4.79 Å². The van der Waals surface area contributed by atoms with E-state index in [0.29, 0.717) is 16.9 Å². The van der Waals surface area contributed by atoms with E-state index in [2.05, 4.69) is 31.3 Å². The van der Waals surface area contributed by atoms with Crippen LogP contribution in [-0.4, -0.2) is 35.6 Å². The van der Waals surface area contributed by atoms with Crippen molar-refractivity contribution >= 4 is 40.5 Å². The lowest BCUT2D eigenvalue weighted by Gasteiger charge is -2.60. The summed E-state index contributed by atoms with van der Waals surface area (Å²) in [7, 11) is 0. The molecule has 4 aliphatic rings. The number of carbonyl (C=O) groups is 1. The maximum Gasteiger partial charge on any atom is 0.244 e. The molecule has 2 atom stereocenters. The van der Waals surface area contributed by atoms with Gasteiger partial charge in [-0.25, -0.2) is 9.67 Å². The van der Waals surface area contributed by atoms with E-state index in [1.807, 2.05) is 23.2 Å². The lowest BCUT2D eigenvalue weighted by Crippen LogP contribution is -2.62. The molecule has 0 radical (unpaired) electrons. The molecule has 3 N–H and O–H groups in total. The molecule has 11 heteroatoms. The van der Waals surface area contributed by atoms with Crippen molar-refractivity contribution in [3.05, 3.63) is 23.5 Å². The monoisotopic (exact) mass is 462 g/mol. The molecule has 0 saturated heterocycles. The number of amides is 1. The fourth-order valence-corrected chi connectivity index (χ4v) is 6.79. The first-order valence-electron chi connectivity index (χ1n) is 10.8. The number of thiocarbonyl (C=S) groups is 1. The van der Waals surface area contributed by atoms with Crippen molar-refractivity contribution in [1.82, 2.24) is 35.4 Å². The van der Waals surface area contributed by atoms with Crippen LogP contribution in [0.3, 0.4) is 0 Å². The molecule has 4 fully saturated rings. The maximum absolute atomic E-state index is 13.4. The fraction of sp³-hybridized carbons (Fsp3) is 0.650. The summed E-state index contributed by atoms with van der Waals surface area (Å²) in [4.78, 5) is 17.5. The highest BCUT2D eigenvalue weighted by Crippen LogP contribution is 2.64. The van der Waals surface area contributed by atoms with Crippen molar-refractivity contribution in [3.8, 4) is 0 Å². The molecular weight excluding hydrogens is 436 g/mol. The van der Waals surface area contributed by atoms with Gasteiger partial charge in [-0.2, -0.15) is 5.10 Å². The molecule has 4 saturated carbocycles. The van der Waals surface area contributed by atoms with Gasteiger partial charge in [-0.1, -0.05) is 0 Å². The molecule has 2 aromatic heterocycles. The van der Waals surface area contributed by atoms with Crippen LogP contribution in [0.15, 0.2) is 12.5 Å². The number of aryl methyl sites for hydroxylation is 1. The third-order valence-corrected chi connectivity index (χ3v) is 7.78. The molecule has 0 aromatic carbocycles. The van der Waals surface area contributed by atoms with E-state index in [4.69, 9.17) is 23.8 Å². The third kappa shape index (κ3) is 3.49. The molecule has 166 valence electrons. The van der Waals surface area contributed by atoms with Crippen LogP contribution in [0.4, 0.5) is 5.69 Å². The van der Waals surface area contributed by atoms with Gasteiger partial charge in [0.2, 0.25) is 11.2 Å². The zero-order valence-electron chi connectivity index (χ0n) is 17.7. The highest BCUT2D eigenvalue weighted by molar-refractivity contribution is 7.80. The summed E-state index contributed by atoms with van der Waals surface area (Å²) in [5.41, 5.74) is 7.00.